The maximum atomic E-state index is 13.4. The van der Waals surface area contributed by atoms with Gasteiger partial charge in [-0.25, -0.2) is 4.98 Å². The third-order valence-corrected chi connectivity index (χ3v) is 6.60. The molecule has 0 saturated heterocycles. The predicted molar refractivity (Wildman–Crippen MR) is 126 cm³/mol. The fraction of sp³-hybridized carbons (Fsp3) is 0.320. The van der Waals surface area contributed by atoms with Crippen LogP contribution in [0.5, 0.6) is 0 Å². The molecular formula is C25H25F3N6. The summed E-state index contributed by atoms with van der Waals surface area (Å²) in [5, 5.41) is 13.5. The molecule has 0 bridgehead atoms. The van der Waals surface area contributed by atoms with Gasteiger partial charge in [0.15, 0.2) is 5.82 Å². The molecule has 0 amide bonds. The number of imidazole rings is 1. The summed E-state index contributed by atoms with van der Waals surface area (Å²) >= 11 is 0. The second-order valence-electron chi connectivity index (χ2n) is 8.72. The Morgan fingerprint density at radius 2 is 1.88 bits per heavy atom. The highest BCUT2D eigenvalue weighted by Gasteiger charge is 2.33. The van der Waals surface area contributed by atoms with Gasteiger partial charge in [-0.3, -0.25) is 0 Å². The van der Waals surface area contributed by atoms with Crippen molar-refractivity contribution in [2.45, 2.75) is 46.1 Å². The molecule has 4 aromatic rings. The Morgan fingerprint density at radius 1 is 1.06 bits per heavy atom. The number of nitrogens with zero attached hydrogens (tertiary/aromatic N) is 5. The molecule has 1 N–H and O–H groups in total. The SMILES string of the molecule is Cc1c(C(C)Nc2nncc3ccc(N4CCn5c(cnc5C)C4)cc23)cccc1C(F)(F)F. The zero-order chi connectivity index (χ0) is 24.0. The minimum absolute atomic E-state index is 0.212. The molecule has 6 nitrogen and oxygen atoms in total. The first kappa shape index (κ1) is 22.2. The van der Waals surface area contributed by atoms with E-state index in [9.17, 15) is 13.2 Å². The third-order valence-electron chi connectivity index (χ3n) is 6.60. The second kappa shape index (κ2) is 8.30. The topological polar surface area (TPSA) is 58.9 Å². The van der Waals surface area contributed by atoms with Crippen LogP contribution in [-0.2, 0) is 19.3 Å². The summed E-state index contributed by atoms with van der Waals surface area (Å²) < 4.78 is 42.4. The third kappa shape index (κ3) is 3.95. The van der Waals surface area contributed by atoms with Gasteiger partial charge < -0.3 is 14.8 Å². The molecule has 9 heteroatoms. The molecule has 34 heavy (non-hydrogen) atoms. The molecular weight excluding hydrogens is 441 g/mol. The van der Waals surface area contributed by atoms with Crippen LogP contribution in [0.3, 0.4) is 0 Å². The second-order valence-corrected chi connectivity index (χ2v) is 8.72. The number of rotatable bonds is 4. The lowest BCUT2D eigenvalue weighted by Crippen LogP contribution is -2.33. The maximum Gasteiger partial charge on any atom is 0.416 e. The number of benzene rings is 2. The van der Waals surface area contributed by atoms with Gasteiger partial charge >= 0.3 is 6.18 Å². The van der Waals surface area contributed by atoms with Gasteiger partial charge in [-0.2, -0.15) is 18.3 Å². The number of anilines is 2. The average molecular weight is 467 g/mol. The molecule has 0 spiro atoms. The van der Waals surface area contributed by atoms with Gasteiger partial charge in [-0.1, -0.05) is 18.2 Å². The van der Waals surface area contributed by atoms with Crippen LogP contribution in [0.25, 0.3) is 10.8 Å². The molecule has 5 rings (SSSR count). The molecule has 0 fully saturated rings. The maximum absolute atomic E-state index is 13.4. The number of fused-ring (bicyclic) bond motifs is 2. The fourth-order valence-electron chi connectivity index (χ4n) is 4.74. The van der Waals surface area contributed by atoms with Crippen LogP contribution in [0.2, 0.25) is 0 Å². The van der Waals surface area contributed by atoms with Crippen LogP contribution in [0.1, 0.15) is 41.2 Å². The van der Waals surface area contributed by atoms with Gasteiger partial charge in [0.05, 0.1) is 36.2 Å². The zero-order valence-electron chi connectivity index (χ0n) is 19.2. The lowest BCUT2D eigenvalue weighted by molar-refractivity contribution is -0.138. The van der Waals surface area contributed by atoms with E-state index in [1.165, 1.54) is 18.7 Å². The molecule has 2 aromatic carbocycles. The first-order valence-electron chi connectivity index (χ1n) is 11.2. The summed E-state index contributed by atoms with van der Waals surface area (Å²) in [6, 6.07) is 10.0. The van der Waals surface area contributed by atoms with Crippen LogP contribution < -0.4 is 10.2 Å². The number of nitrogens with one attached hydrogen (secondary N) is 1. The van der Waals surface area contributed by atoms with Crippen molar-refractivity contribution in [3.8, 4) is 0 Å². The number of alkyl halides is 3. The Morgan fingerprint density at radius 3 is 2.68 bits per heavy atom. The predicted octanol–water partition coefficient (Wildman–Crippen LogP) is 5.66. The van der Waals surface area contributed by atoms with Crippen molar-refractivity contribution in [3.63, 3.8) is 0 Å². The molecule has 0 radical (unpaired) electrons. The van der Waals surface area contributed by atoms with Crippen LogP contribution >= 0.6 is 0 Å². The molecule has 0 saturated carbocycles. The lowest BCUT2D eigenvalue weighted by atomic mass is 9.97. The standard InChI is InChI=1S/C25H25F3N6/c1-15-21(5-4-6-23(15)25(26,27)28)16(2)31-24-22-11-19(8-7-18(22)12-30-32-24)33-9-10-34-17(3)29-13-20(34)14-33/h4-8,11-13,16H,9-10,14H2,1-3H3,(H,31,32). The number of aromatic nitrogens is 4. The zero-order valence-corrected chi connectivity index (χ0v) is 19.2. The lowest BCUT2D eigenvalue weighted by Gasteiger charge is -2.31. The summed E-state index contributed by atoms with van der Waals surface area (Å²) in [7, 11) is 0. The van der Waals surface area contributed by atoms with Crippen molar-refractivity contribution in [2.75, 3.05) is 16.8 Å². The van der Waals surface area contributed by atoms with Gasteiger partial charge in [-0.05, 0) is 50.1 Å². The van der Waals surface area contributed by atoms with E-state index in [1.54, 1.807) is 12.3 Å². The van der Waals surface area contributed by atoms with Crippen LogP contribution in [0.4, 0.5) is 24.7 Å². The smallest absolute Gasteiger partial charge is 0.364 e. The van der Waals surface area contributed by atoms with E-state index in [0.29, 0.717) is 11.4 Å². The van der Waals surface area contributed by atoms with Crippen molar-refractivity contribution < 1.29 is 13.2 Å². The van der Waals surface area contributed by atoms with E-state index in [2.05, 4.69) is 42.1 Å². The first-order valence-corrected chi connectivity index (χ1v) is 11.2. The van der Waals surface area contributed by atoms with Gasteiger partial charge in [0, 0.05) is 29.5 Å². The molecule has 1 atom stereocenters. The summed E-state index contributed by atoms with van der Waals surface area (Å²) in [5.74, 6) is 1.57. The van der Waals surface area contributed by atoms with Crippen molar-refractivity contribution in [3.05, 3.63) is 77.0 Å². The Labute approximate surface area is 195 Å². The van der Waals surface area contributed by atoms with Crippen molar-refractivity contribution in [1.29, 1.82) is 0 Å². The van der Waals surface area contributed by atoms with Crippen LogP contribution in [-0.4, -0.2) is 26.3 Å². The number of hydrogen-bond acceptors (Lipinski definition) is 5. The Balaban J connectivity index is 1.46. The van der Waals surface area contributed by atoms with E-state index in [1.807, 2.05) is 26.1 Å². The Kier molecular flexibility index (Phi) is 5.42. The molecule has 176 valence electrons. The van der Waals surface area contributed by atoms with E-state index in [-0.39, 0.29) is 5.56 Å². The highest BCUT2D eigenvalue weighted by Crippen LogP contribution is 2.36. The average Bonchev–Trinajstić information content (AvgIpc) is 3.18. The monoisotopic (exact) mass is 466 g/mol. The highest BCUT2D eigenvalue weighted by atomic mass is 19.4. The van der Waals surface area contributed by atoms with Gasteiger partial charge in [0.25, 0.3) is 0 Å². The van der Waals surface area contributed by atoms with Gasteiger partial charge in [0.2, 0.25) is 0 Å². The largest absolute Gasteiger partial charge is 0.416 e. The Hall–Kier alpha value is -3.62. The number of halogens is 3. The normalized spacial score (nSPS) is 14.8. The highest BCUT2D eigenvalue weighted by molar-refractivity contribution is 5.93. The number of aryl methyl sites for hydroxylation is 1. The minimum atomic E-state index is -4.39. The molecule has 1 aliphatic heterocycles. The van der Waals surface area contributed by atoms with Crippen molar-refractivity contribution in [1.82, 2.24) is 19.7 Å². The molecule has 1 unspecified atom stereocenters. The van der Waals surface area contributed by atoms with Crippen molar-refractivity contribution in [2.24, 2.45) is 0 Å². The van der Waals surface area contributed by atoms with Gasteiger partial charge in [-0.15, -0.1) is 5.10 Å². The number of hydrogen-bond donors (Lipinski definition) is 1. The quantitative estimate of drug-likeness (QED) is 0.421. The molecule has 2 aromatic heterocycles. The van der Waals surface area contributed by atoms with E-state index < -0.39 is 17.8 Å². The molecule has 3 heterocycles. The Bertz CT molecular complexity index is 1360. The van der Waals surface area contributed by atoms with Crippen LogP contribution in [0, 0.1) is 13.8 Å². The minimum Gasteiger partial charge on any atom is -0.364 e. The summed E-state index contributed by atoms with van der Waals surface area (Å²) in [6.07, 6.45) is -0.782. The summed E-state index contributed by atoms with van der Waals surface area (Å²) in [5.41, 5.74) is 2.39. The van der Waals surface area contributed by atoms with Crippen molar-refractivity contribution >= 4 is 22.3 Å². The first-order chi connectivity index (χ1) is 16.2. The van der Waals surface area contributed by atoms with E-state index in [0.717, 1.165) is 48.0 Å². The summed E-state index contributed by atoms with van der Waals surface area (Å²) in [6.45, 7) is 7.83. The molecule has 0 aliphatic carbocycles. The van der Waals surface area contributed by atoms with Gasteiger partial charge in [0.1, 0.15) is 5.82 Å². The van der Waals surface area contributed by atoms with Crippen LogP contribution in [0.15, 0.2) is 48.8 Å². The summed E-state index contributed by atoms with van der Waals surface area (Å²) in [4.78, 5) is 6.71. The van der Waals surface area contributed by atoms with E-state index in [4.69, 9.17) is 0 Å². The van der Waals surface area contributed by atoms with E-state index >= 15 is 0 Å². The fourth-order valence-corrected chi connectivity index (χ4v) is 4.74. The molecule has 1 aliphatic rings.